The summed E-state index contributed by atoms with van der Waals surface area (Å²) in [5.74, 6) is -0.228. The average molecular weight is 376 g/mol. The molecule has 0 aliphatic heterocycles. The van der Waals surface area contributed by atoms with Gasteiger partial charge in [-0.25, -0.2) is 4.98 Å². The maximum atomic E-state index is 12.6. The highest BCUT2D eigenvalue weighted by Gasteiger charge is 2.05. The summed E-state index contributed by atoms with van der Waals surface area (Å²) >= 11 is 0. The van der Waals surface area contributed by atoms with Gasteiger partial charge in [-0.3, -0.25) is 19.1 Å². The van der Waals surface area contributed by atoms with E-state index in [2.05, 4.69) is 15.3 Å². The quantitative estimate of drug-likeness (QED) is 0.508. The van der Waals surface area contributed by atoms with Gasteiger partial charge in [0.1, 0.15) is 6.33 Å². The number of rotatable bonds is 7. The molecule has 0 unspecified atom stereocenters. The minimum absolute atomic E-state index is 0.186. The van der Waals surface area contributed by atoms with Crippen LogP contribution in [-0.4, -0.2) is 27.0 Å². The van der Waals surface area contributed by atoms with Crippen LogP contribution in [-0.2, 0) is 11.2 Å². The fraction of sp³-hybridized carbons (Fsp3) is 0.273. The zero-order valence-electron chi connectivity index (χ0n) is 16.2. The van der Waals surface area contributed by atoms with Crippen LogP contribution in [0.4, 0.5) is 0 Å². The summed E-state index contributed by atoms with van der Waals surface area (Å²) < 4.78 is 1.33. The first-order valence-electron chi connectivity index (χ1n) is 9.37. The molecule has 2 aromatic heterocycles. The molecule has 144 valence electrons. The number of unbranched alkanes of at least 4 members (excludes halogenated alkanes) is 1. The van der Waals surface area contributed by atoms with E-state index in [1.54, 1.807) is 6.20 Å². The predicted molar refractivity (Wildman–Crippen MR) is 111 cm³/mol. The van der Waals surface area contributed by atoms with Crippen LogP contribution in [0.1, 0.15) is 29.5 Å². The van der Waals surface area contributed by atoms with Crippen molar-refractivity contribution in [2.45, 2.75) is 33.1 Å². The molecule has 0 fully saturated rings. The second kappa shape index (κ2) is 9.08. The smallest absolute Gasteiger partial charge is 0.265 e. The number of fused-ring (bicyclic) bond motifs is 1. The molecule has 0 aliphatic rings. The Morgan fingerprint density at radius 3 is 2.82 bits per heavy atom. The summed E-state index contributed by atoms with van der Waals surface area (Å²) in [4.78, 5) is 33.0. The SMILES string of the molecule is Cc1cc2ncn(C=CC(=O)NCCCCc3cccnc3)c(=O)c2cc1C. The molecule has 0 bridgehead atoms. The van der Waals surface area contributed by atoms with E-state index in [0.29, 0.717) is 17.4 Å². The normalized spacial score (nSPS) is 11.2. The van der Waals surface area contributed by atoms with Gasteiger partial charge in [0, 0.05) is 31.2 Å². The average Bonchev–Trinajstić information content (AvgIpc) is 2.69. The van der Waals surface area contributed by atoms with Crippen LogP contribution in [0.2, 0.25) is 0 Å². The van der Waals surface area contributed by atoms with Gasteiger partial charge >= 0.3 is 0 Å². The number of nitrogens with zero attached hydrogens (tertiary/aromatic N) is 3. The van der Waals surface area contributed by atoms with E-state index in [9.17, 15) is 9.59 Å². The Labute approximate surface area is 164 Å². The van der Waals surface area contributed by atoms with Crippen LogP contribution in [0.25, 0.3) is 17.1 Å². The van der Waals surface area contributed by atoms with E-state index < -0.39 is 0 Å². The lowest BCUT2D eigenvalue weighted by molar-refractivity contribution is -0.116. The number of hydrogen-bond acceptors (Lipinski definition) is 4. The van der Waals surface area contributed by atoms with Gasteiger partial charge in [-0.05, 0) is 68.0 Å². The Hall–Kier alpha value is -3.28. The molecular weight excluding hydrogens is 352 g/mol. The van der Waals surface area contributed by atoms with Gasteiger partial charge in [0.25, 0.3) is 5.56 Å². The largest absolute Gasteiger partial charge is 0.353 e. The van der Waals surface area contributed by atoms with Crippen LogP contribution in [0.15, 0.2) is 53.9 Å². The highest BCUT2D eigenvalue weighted by Crippen LogP contribution is 2.14. The summed E-state index contributed by atoms with van der Waals surface area (Å²) in [6.07, 6.45) is 10.7. The fourth-order valence-electron chi connectivity index (χ4n) is 2.92. The van der Waals surface area contributed by atoms with E-state index in [4.69, 9.17) is 0 Å². The molecule has 1 amide bonds. The van der Waals surface area contributed by atoms with Crippen LogP contribution in [0, 0.1) is 13.8 Å². The van der Waals surface area contributed by atoms with Crippen molar-refractivity contribution in [3.05, 3.63) is 76.1 Å². The van der Waals surface area contributed by atoms with E-state index in [0.717, 1.165) is 30.4 Å². The molecule has 28 heavy (non-hydrogen) atoms. The van der Waals surface area contributed by atoms with E-state index in [1.165, 1.54) is 28.7 Å². The molecule has 0 spiro atoms. The first-order chi connectivity index (χ1) is 13.5. The van der Waals surface area contributed by atoms with Crippen LogP contribution < -0.4 is 10.9 Å². The first kappa shape index (κ1) is 19.5. The third kappa shape index (κ3) is 4.91. The molecule has 1 N–H and O–H groups in total. The molecule has 6 heteroatoms. The van der Waals surface area contributed by atoms with Crippen molar-refractivity contribution < 1.29 is 4.79 Å². The number of aromatic nitrogens is 3. The molecule has 0 saturated heterocycles. The van der Waals surface area contributed by atoms with Crippen LogP contribution in [0.3, 0.4) is 0 Å². The van der Waals surface area contributed by atoms with Gasteiger partial charge in [0.05, 0.1) is 10.9 Å². The third-order valence-electron chi connectivity index (χ3n) is 4.70. The summed E-state index contributed by atoms with van der Waals surface area (Å²) in [6, 6.07) is 7.71. The molecule has 6 nitrogen and oxygen atoms in total. The number of amides is 1. The van der Waals surface area contributed by atoms with Crippen molar-refractivity contribution in [1.29, 1.82) is 0 Å². The van der Waals surface area contributed by atoms with Gasteiger partial charge in [-0.2, -0.15) is 0 Å². The van der Waals surface area contributed by atoms with Crippen LogP contribution in [0.5, 0.6) is 0 Å². The van der Waals surface area contributed by atoms with Crippen molar-refractivity contribution in [3.63, 3.8) is 0 Å². The van der Waals surface area contributed by atoms with Crippen molar-refractivity contribution in [2.75, 3.05) is 6.54 Å². The molecule has 3 aromatic rings. The molecule has 0 atom stereocenters. The topological polar surface area (TPSA) is 76.9 Å². The molecule has 0 saturated carbocycles. The second-order valence-corrected chi connectivity index (χ2v) is 6.84. The molecule has 0 radical (unpaired) electrons. The number of benzene rings is 1. The minimum Gasteiger partial charge on any atom is -0.353 e. The number of pyridine rings is 1. The maximum absolute atomic E-state index is 12.6. The number of carbonyl (C=O) groups excluding carboxylic acids is 1. The lowest BCUT2D eigenvalue weighted by Crippen LogP contribution is -2.23. The lowest BCUT2D eigenvalue weighted by atomic mass is 10.1. The fourth-order valence-corrected chi connectivity index (χ4v) is 2.92. The first-order valence-corrected chi connectivity index (χ1v) is 9.37. The maximum Gasteiger partial charge on any atom is 0.265 e. The Kier molecular flexibility index (Phi) is 6.32. The number of aryl methyl sites for hydroxylation is 3. The van der Waals surface area contributed by atoms with Crippen LogP contribution >= 0.6 is 0 Å². The second-order valence-electron chi connectivity index (χ2n) is 6.84. The zero-order valence-corrected chi connectivity index (χ0v) is 16.2. The van der Waals surface area contributed by atoms with Gasteiger partial charge in [0.15, 0.2) is 0 Å². The Balaban J connectivity index is 1.53. The van der Waals surface area contributed by atoms with Crippen molar-refractivity contribution >= 4 is 23.0 Å². The van der Waals surface area contributed by atoms with E-state index in [1.807, 2.05) is 44.3 Å². The number of nitrogens with one attached hydrogen (secondary N) is 1. The standard InChI is InChI=1S/C22H24N4O2/c1-16-12-19-20(13-17(16)2)25-15-26(22(19)28)11-8-21(27)24-10-4-3-6-18-7-5-9-23-14-18/h5,7-9,11-15H,3-4,6,10H2,1-2H3,(H,24,27). The van der Waals surface area contributed by atoms with E-state index in [-0.39, 0.29) is 11.5 Å². The summed E-state index contributed by atoms with van der Waals surface area (Å²) in [5.41, 5.74) is 3.81. The predicted octanol–water partition coefficient (Wildman–Crippen LogP) is 3.02. The minimum atomic E-state index is -0.228. The van der Waals surface area contributed by atoms with Crippen molar-refractivity contribution in [2.24, 2.45) is 0 Å². The lowest BCUT2D eigenvalue weighted by Gasteiger charge is -2.05. The Morgan fingerprint density at radius 2 is 2.04 bits per heavy atom. The highest BCUT2D eigenvalue weighted by molar-refractivity contribution is 5.90. The van der Waals surface area contributed by atoms with Crippen molar-refractivity contribution in [3.8, 4) is 0 Å². The third-order valence-corrected chi connectivity index (χ3v) is 4.70. The van der Waals surface area contributed by atoms with E-state index >= 15 is 0 Å². The Bertz CT molecular complexity index is 1060. The molecule has 2 heterocycles. The zero-order chi connectivity index (χ0) is 19.9. The van der Waals surface area contributed by atoms with Gasteiger partial charge < -0.3 is 5.32 Å². The summed E-state index contributed by atoms with van der Waals surface area (Å²) in [5, 5.41) is 3.38. The summed E-state index contributed by atoms with van der Waals surface area (Å²) in [7, 11) is 0. The Morgan fingerprint density at radius 1 is 1.21 bits per heavy atom. The molecule has 0 aliphatic carbocycles. The number of hydrogen-bond donors (Lipinski definition) is 1. The van der Waals surface area contributed by atoms with Gasteiger partial charge in [0.2, 0.25) is 5.91 Å². The highest BCUT2D eigenvalue weighted by atomic mass is 16.1. The monoisotopic (exact) mass is 376 g/mol. The molecule has 3 rings (SSSR count). The van der Waals surface area contributed by atoms with Gasteiger partial charge in [-0.15, -0.1) is 0 Å². The summed E-state index contributed by atoms with van der Waals surface area (Å²) in [6.45, 7) is 4.54. The van der Waals surface area contributed by atoms with Crippen molar-refractivity contribution in [1.82, 2.24) is 19.9 Å². The molecular formula is C22H24N4O2. The molecule has 1 aromatic carbocycles. The van der Waals surface area contributed by atoms with Gasteiger partial charge in [-0.1, -0.05) is 6.07 Å². The number of carbonyl (C=O) groups is 1.